The number of aliphatic carboxylic acids is 1. The summed E-state index contributed by atoms with van der Waals surface area (Å²) in [4.78, 5) is 25.4. The van der Waals surface area contributed by atoms with Crippen LogP contribution in [0.5, 0.6) is 0 Å². The molecule has 20 heavy (non-hydrogen) atoms. The first-order valence-corrected chi connectivity index (χ1v) is 8.57. The molecule has 1 aliphatic heterocycles. The van der Waals surface area contributed by atoms with Gasteiger partial charge in [-0.3, -0.25) is 4.79 Å². The van der Waals surface area contributed by atoms with Gasteiger partial charge in [-0.1, -0.05) is 37.0 Å². The third-order valence-electron chi connectivity index (χ3n) is 3.01. The molecule has 2 rings (SSSR count). The van der Waals surface area contributed by atoms with Crippen LogP contribution >= 0.6 is 46.3 Å². The molecule has 1 aromatic heterocycles. The summed E-state index contributed by atoms with van der Waals surface area (Å²) >= 11 is 14.4. The summed E-state index contributed by atoms with van der Waals surface area (Å²) in [5.41, 5.74) is 0.279. The van der Waals surface area contributed by atoms with Crippen molar-refractivity contribution in [2.24, 2.45) is 5.92 Å². The zero-order valence-electron chi connectivity index (χ0n) is 10.8. The minimum absolute atomic E-state index is 0.154. The Kier molecular flexibility index (Phi) is 4.89. The molecule has 0 spiro atoms. The molecule has 0 saturated carbocycles. The van der Waals surface area contributed by atoms with Crippen LogP contribution in [0.4, 0.5) is 0 Å². The standard InChI is InChI=1S/C12H13Cl2NO3S2/c1-5(2)11-15(7(4-19-11)12(17)18)10(16)6-3-8(13)20-9(6)14/h3,5,7,11H,4H2,1-2H3,(H,17,18). The molecule has 2 heterocycles. The van der Waals surface area contributed by atoms with E-state index in [2.05, 4.69) is 0 Å². The Morgan fingerprint density at radius 2 is 2.10 bits per heavy atom. The Morgan fingerprint density at radius 3 is 2.55 bits per heavy atom. The van der Waals surface area contributed by atoms with E-state index < -0.39 is 12.0 Å². The van der Waals surface area contributed by atoms with Gasteiger partial charge in [0.25, 0.3) is 5.91 Å². The molecule has 0 aliphatic carbocycles. The lowest BCUT2D eigenvalue weighted by molar-refractivity contribution is -0.141. The Morgan fingerprint density at radius 1 is 1.45 bits per heavy atom. The lowest BCUT2D eigenvalue weighted by Crippen LogP contribution is -2.47. The molecule has 110 valence electrons. The normalized spacial score (nSPS) is 22.6. The van der Waals surface area contributed by atoms with E-state index in [4.69, 9.17) is 23.2 Å². The first-order chi connectivity index (χ1) is 9.32. The minimum atomic E-state index is -0.994. The topological polar surface area (TPSA) is 57.6 Å². The quantitative estimate of drug-likeness (QED) is 0.900. The fourth-order valence-corrected chi connectivity index (χ4v) is 5.03. The number of halogens is 2. The van der Waals surface area contributed by atoms with Crippen LogP contribution in [0.1, 0.15) is 24.2 Å². The van der Waals surface area contributed by atoms with Crippen molar-refractivity contribution >= 4 is 58.2 Å². The fraction of sp³-hybridized carbons (Fsp3) is 0.500. The molecule has 1 N–H and O–H groups in total. The SMILES string of the molecule is CC(C)C1SCC(C(=O)O)N1C(=O)c1cc(Cl)sc1Cl. The highest BCUT2D eigenvalue weighted by Gasteiger charge is 2.43. The summed E-state index contributed by atoms with van der Waals surface area (Å²) in [6, 6.07) is 0.672. The summed E-state index contributed by atoms with van der Waals surface area (Å²) in [5.74, 6) is -0.818. The van der Waals surface area contributed by atoms with Crippen LogP contribution in [0.15, 0.2) is 6.07 Å². The zero-order valence-corrected chi connectivity index (χ0v) is 13.9. The van der Waals surface area contributed by atoms with Crippen LogP contribution in [0.3, 0.4) is 0 Å². The predicted molar refractivity (Wildman–Crippen MR) is 83.0 cm³/mol. The van der Waals surface area contributed by atoms with Gasteiger partial charge in [0.1, 0.15) is 10.4 Å². The second kappa shape index (κ2) is 6.13. The molecule has 1 saturated heterocycles. The van der Waals surface area contributed by atoms with Gasteiger partial charge in [-0.2, -0.15) is 0 Å². The Labute approximate surface area is 135 Å². The monoisotopic (exact) mass is 353 g/mol. The zero-order chi connectivity index (χ0) is 15.0. The highest BCUT2D eigenvalue weighted by molar-refractivity contribution is 8.00. The van der Waals surface area contributed by atoms with E-state index in [1.54, 1.807) is 0 Å². The van der Waals surface area contributed by atoms with E-state index in [-0.39, 0.29) is 22.8 Å². The first-order valence-electron chi connectivity index (χ1n) is 5.94. The van der Waals surface area contributed by atoms with Crippen molar-refractivity contribution in [3.05, 3.63) is 20.3 Å². The van der Waals surface area contributed by atoms with Gasteiger partial charge >= 0.3 is 5.97 Å². The number of carbonyl (C=O) groups is 2. The van der Waals surface area contributed by atoms with Crippen molar-refractivity contribution in [2.45, 2.75) is 25.3 Å². The second-order valence-electron chi connectivity index (χ2n) is 4.77. The Balaban J connectivity index is 2.37. The second-order valence-corrected chi connectivity index (χ2v) is 8.21. The maximum Gasteiger partial charge on any atom is 0.327 e. The number of nitrogens with zero attached hydrogens (tertiary/aromatic N) is 1. The fourth-order valence-electron chi connectivity index (χ4n) is 2.11. The minimum Gasteiger partial charge on any atom is -0.480 e. The molecule has 2 atom stereocenters. The summed E-state index contributed by atoms with van der Waals surface area (Å²) in [6.45, 7) is 3.93. The molecule has 1 aliphatic rings. The number of thioether (sulfide) groups is 1. The molecule has 4 nitrogen and oxygen atoms in total. The van der Waals surface area contributed by atoms with Crippen LogP contribution in [0.25, 0.3) is 0 Å². The molecule has 8 heteroatoms. The molecule has 0 bridgehead atoms. The van der Waals surface area contributed by atoms with E-state index in [1.165, 1.54) is 22.7 Å². The van der Waals surface area contributed by atoms with Crippen LogP contribution in [-0.2, 0) is 4.79 Å². The summed E-state index contributed by atoms with van der Waals surface area (Å²) in [7, 11) is 0. The number of hydrogen-bond acceptors (Lipinski definition) is 4. The van der Waals surface area contributed by atoms with Gasteiger partial charge in [-0.05, 0) is 12.0 Å². The van der Waals surface area contributed by atoms with Crippen molar-refractivity contribution in [1.29, 1.82) is 0 Å². The Hall–Kier alpha value is -0.430. The van der Waals surface area contributed by atoms with Gasteiger partial charge in [0.2, 0.25) is 0 Å². The van der Waals surface area contributed by atoms with E-state index >= 15 is 0 Å². The van der Waals surface area contributed by atoms with Crippen molar-refractivity contribution in [2.75, 3.05) is 5.75 Å². The average Bonchev–Trinajstić information content (AvgIpc) is 2.91. The van der Waals surface area contributed by atoms with Gasteiger partial charge in [0.05, 0.1) is 15.3 Å². The molecule has 1 amide bonds. The van der Waals surface area contributed by atoms with Gasteiger partial charge in [0.15, 0.2) is 0 Å². The smallest absolute Gasteiger partial charge is 0.327 e. The number of rotatable bonds is 3. The maximum absolute atomic E-state index is 12.6. The molecule has 2 unspecified atom stereocenters. The summed E-state index contributed by atoms with van der Waals surface area (Å²) in [5, 5.41) is 9.12. The third kappa shape index (κ3) is 2.93. The molecule has 1 aromatic rings. The van der Waals surface area contributed by atoms with Crippen molar-refractivity contribution in [3.63, 3.8) is 0 Å². The van der Waals surface area contributed by atoms with E-state index in [0.29, 0.717) is 14.4 Å². The van der Waals surface area contributed by atoms with Gasteiger partial charge in [-0.15, -0.1) is 23.1 Å². The highest BCUT2D eigenvalue weighted by atomic mass is 35.5. The van der Waals surface area contributed by atoms with Gasteiger partial charge < -0.3 is 10.0 Å². The predicted octanol–water partition coefficient (Wildman–Crippen LogP) is 3.68. The van der Waals surface area contributed by atoms with Crippen molar-refractivity contribution in [3.8, 4) is 0 Å². The van der Waals surface area contributed by atoms with Gasteiger partial charge in [0, 0.05) is 5.75 Å². The van der Waals surface area contributed by atoms with Crippen molar-refractivity contribution < 1.29 is 14.7 Å². The largest absolute Gasteiger partial charge is 0.480 e. The van der Waals surface area contributed by atoms with Crippen molar-refractivity contribution in [1.82, 2.24) is 4.90 Å². The molecule has 0 aromatic carbocycles. The van der Waals surface area contributed by atoms with E-state index in [9.17, 15) is 14.7 Å². The summed E-state index contributed by atoms with van der Waals surface area (Å²) in [6.07, 6.45) is 0. The molecular formula is C12H13Cl2NO3S2. The number of carboxylic acid groups (broad SMARTS) is 1. The lowest BCUT2D eigenvalue weighted by atomic mass is 10.1. The maximum atomic E-state index is 12.6. The number of carbonyl (C=O) groups excluding carboxylic acids is 1. The number of carboxylic acids is 1. The van der Waals surface area contributed by atoms with Gasteiger partial charge in [-0.25, -0.2) is 4.79 Å². The first kappa shape index (κ1) is 15.9. The highest BCUT2D eigenvalue weighted by Crippen LogP contribution is 2.38. The average molecular weight is 354 g/mol. The molecule has 1 fully saturated rings. The van der Waals surface area contributed by atoms with E-state index in [0.717, 1.165) is 11.3 Å². The number of amides is 1. The third-order valence-corrected chi connectivity index (χ3v) is 6.12. The van der Waals surface area contributed by atoms with Crippen LogP contribution in [-0.4, -0.2) is 39.1 Å². The Bertz CT molecular complexity index is 547. The van der Waals surface area contributed by atoms with Crippen LogP contribution in [0.2, 0.25) is 8.67 Å². The number of hydrogen-bond donors (Lipinski definition) is 1. The van der Waals surface area contributed by atoms with E-state index in [1.807, 2.05) is 13.8 Å². The molecular weight excluding hydrogens is 341 g/mol. The lowest BCUT2D eigenvalue weighted by Gasteiger charge is -2.29. The number of thiophene rings is 1. The van der Waals surface area contributed by atoms with Crippen LogP contribution < -0.4 is 0 Å². The van der Waals surface area contributed by atoms with Crippen LogP contribution in [0, 0.1) is 5.92 Å². The summed E-state index contributed by atoms with van der Waals surface area (Å²) < 4.78 is 0.710. The molecule has 0 radical (unpaired) electrons.